The van der Waals surface area contributed by atoms with Crippen LogP contribution in [0.25, 0.3) is 0 Å². The molecule has 1 aliphatic heterocycles. The van der Waals surface area contributed by atoms with Crippen LogP contribution in [0.3, 0.4) is 0 Å². The number of thiazole rings is 1. The van der Waals surface area contributed by atoms with E-state index >= 15 is 0 Å². The standard InChI is InChI=1S/C13H20N2O2S/c1-10-12(18-9-14-10)8-15-6-4-11(5-7-15)2-3-13(16)17/h9,11H,2-8H2,1H3,(H,16,17). The van der Waals surface area contributed by atoms with Gasteiger partial charge >= 0.3 is 5.97 Å². The van der Waals surface area contributed by atoms with Crippen LogP contribution in [0.2, 0.25) is 0 Å². The molecule has 4 nitrogen and oxygen atoms in total. The summed E-state index contributed by atoms with van der Waals surface area (Å²) in [5.74, 6) is -0.0716. The normalized spacial score (nSPS) is 18.1. The van der Waals surface area contributed by atoms with Crippen molar-refractivity contribution in [3.05, 3.63) is 16.1 Å². The fraction of sp³-hybridized carbons (Fsp3) is 0.692. The topological polar surface area (TPSA) is 53.4 Å². The molecule has 0 unspecified atom stereocenters. The highest BCUT2D eigenvalue weighted by Crippen LogP contribution is 2.24. The second kappa shape index (κ2) is 6.29. The van der Waals surface area contributed by atoms with Crippen LogP contribution >= 0.6 is 11.3 Å². The minimum absolute atomic E-state index is 0.318. The number of carboxylic acids is 1. The summed E-state index contributed by atoms with van der Waals surface area (Å²) >= 11 is 1.73. The maximum atomic E-state index is 10.5. The summed E-state index contributed by atoms with van der Waals surface area (Å²) < 4.78 is 0. The van der Waals surface area contributed by atoms with Gasteiger partial charge in [0.15, 0.2) is 0 Å². The van der Waals surface area contributed by atoms with Crippen molar-refractivity contribution in [2.24, 2.45) is 5.92 Å². The molecule has 5 heteroatoms. The van der Waals surface area contributed by atoms with Crippen LogP contribution < -0.4 is 0 Å². The molecule has 0 bridgehead atoms. The number of carboxylic acid groups (broad SMARTS) is 1. The van der Waals surface area contributed by atoms with E-state index in [1.54, 1.807) is 11.3 Å². The van der Waals surface area contributed by atoms with Crippen LogP contribution in [0.4, 0.5) is 0 Å². The predicted octanol–water partition coefficient (Wildman–Crippen LogP) is 2.53. The molecule has 1 fully saturated rings. The Morgan fingerprint density at radius 2 is 2.28 bits per heavy atom. The van der Waals surface area contributed by atoms with Crippen molar-refractivity contribution in [1.29, 1.82) is 0 Å². The fourth-order valence-electron chi connectivity index (χ4n) is 2.44. The number of piperidine rings is 1. The van der Waals surface area contributed by atoms with Crippen LogP contribution in [0.15, 0.2) is 5.51 Å². The number of aromatic nitrogens is 1. The first-order valence-corrected chi connectivity index (χ1v) is 7.36. The van der Waals surface area contributed by atoms with E-state index in [0.717, 1.165) is 44.6 Å². The molecular formula is C13H20N2O2S. The molecule has 100 valence electrons. The van der Waals surface area contributed by atoms with Crippen molar-refractivity contribution in [3.63, 3.8) is 0 Å². The Morgan fingerprint density at radius 1 is 1.56 bits per heavy atom. The molecule has 1 aromatic rings. The van der Waals surface area contributed by atoms with Gasteiger partial charge in [0.2, 0.25) is 0 Å². The fourth-order valence-corrected chi connectivity index (χ4v) is 3.26. The summed E-state index contributed by atoms with van der Waals surface area (Å²) in [7, 11) is 0. The highest BCUT2D eigenvalue weighted by molar-refractivity contribution is 7.09. The Balaban J connectivity index is 1.73. The zero-order valence-corrected chi connectivity index (χ0v) is 11.6. The van der Waals surface area contributed by atoms with Crippen LogP contribution in [-0.2, 0) is 11.3 Å². The molecule has 0 saturated carbocycles. The first-order valence-electron chi connectivity index (χ1n) is 6.48. The number of rotatable bonds is 5. The smallest absolute Gasteiger partial charge is 0.303 e. The number of hydrogen-bond acceptors (Lipinski definition) is 4. The number of likely N-dealkylation sites (tertiary alicyclic amines) is 1. The zero-order chi connectivity index (χ0) is 13.0. The van der Waals surface area contributed by atoms with Gasteiger partial charge < -0.3 is 5.11 Å². The monoisotopic (exact) mass is 268 g/mol. The Kier molecular flexibility index (Phi) is 4.72. The molecule has 0 amide bonds. The molecule has 0 aliphatic carbocycles. The molecule has 0 radical (unpaired) electrons. The Hall–Kier alpha value is -0.940. The third-order valence-electron chi connectivity index (χ3n) is 3.69. The average molecular weight is 268 g/mol. The maximum absolute atomic E-state index is 10.5. The molecular weight excluding hydrogens is 248 g/mol. The molecule has 0 spiro atoms. The van der Waals surface area contributed by atoms with E-state index < -0.39 is 5.97 Å². The number of hydrogen-bond donors (Lipinski definition) is 1. The molecule has 2 heterocycles. The summed E-state index contributed by atoms with van der Waals surface area (Å²) in [6.45, 7) is 5.23. The SMILES string of the molecule is Cc1ncsc1CN1CCC(CCC(=O)O)CC1. The van der Waals surface area contributed by atoms with E-state index in [1.807, 2.05) is 5.51 Å². The van der Waals surface area contributed by atoms with Crippen molar-refractivity contribution in [3.8, 4) is 0 Å². The minimum atomic E-state index is -0.669. The quantitative estimate of drug-likeness (QED) is 0.891. The van der Waals surface area contributed by atoms with Gasteiger partial charge in [-0.15, -0.1) is 11.3 Å². The lowest BCUT2D eigenvalue weighted by Crippen LogP contribution is -2.33. The van der Waals surface area contributed by atoms with Crippen LogP contribution in [0.1, 0.15) is 36.3 Å². The van der Waals surface area contributed by atoms with Gasteiger partial charge in [0, 0.05) is 17.8 Å². The summed E-state index contributed by atoms with van der Waals surface area (Å²) in [6, 6.07) is 0. The Labute approximate surface area is 112 Å². The number of aryl methyl sites for hydroxylation is 1. The van der Waals surface area contributed by atoms with Crippen LogP contribution in [-0.4, -0.2) is 34.0 Å². The van der Waals surface area contributed by atoms with E-state index in [4.69, 9.17) is 5.11 Å². The van der Waals surface area contributed by atoms with Gasteiger partial charge in [0.05, 0.1) is 11.2 Å². The first kappa shape index (κ1) is 13.5. The highest BCUT2D eigenvalue weighted by atomic mass is 32.1. The lowest BCUT2D eigenvalue weighted by Gasteiger charge is -2.31. The molecule has 0 aromatic carbocycles. The number of nitrogens with zero attached hydrogens (tertiary/aromatic N) is 2. The molecule has 2 rings (SSSR count). The van der Waals surface area contributed by atoms with E-state index in [0.29, 0.717) is 12.3 Å². The van der Waals surface area contributed by atoms with E-state index in [2.05, 4.69) is 16.8 Å². The summed E-state index contributed by atoms with van der Waals surface area (Å²) in [4.78, 5) is 18.6. The van der Waals surface area contributed by atoms with Gasteiger partial charge in [0.25, 0.3) is 0 Å². The van der Waals surface area contributed by atoms with E-state index in [9.17, 15) is 4.79 Å². The van der Waals surface area contributed by atoms with Crippen molar-refractivity contribution in [1.82, 2.24) is 9.88 Å². The third-order valence-corrected chi connectivity index (χ3v) is 4.61. The number of carbonyl (C=O) groups is 1. The predicted molar refractivity (Wildman–Crippen MR) is 71.7 cm³/mol. The van der Waals surface area contributed by atoms with Gasteiger partial charge in [-0.2, -0.15) is 0 Å². The van der Waals surface area contributed by atoms with Crippen molar-refractivity contribution < 1.29 is 9.90 Å². The molecule has 0 atom stereocenters. The molecule has 1 N–H and O–H groups in total. The zero-order valence-electron chi connectivity index (χ0n) is 10.8. The second-order valence-electron chi connectivity index (χ2n) is 5.01. The first-order chi connectivity index (χ1) is 8.65. The largest absolute Gasteiger partial charge is 0.481 e. The van der Waals surface area contributed by atoms with E-state index in [-0.39, 0.29) is 0 Å². The van der Waals surface area contributed by atoms with Gasteiger partial charge in [-0.25, -0.2) is 4.98 Å². The van der Waals surface area contributed by atoms with Crippen LogP contribution in [0.5, 0.6) is 0 Å². The highest BCUT2D eigenvalue weighted by Gasteiger charge is 2.20. The molecule has 1 aromatic heterocycles. The summed E-state index contributed by atoms with van der Waals surface area (Å²) in [5, 5.41) is 8.68. The summed E-state index contributed by atoms with van der Waals surface area (Å²) in [6.07, 6.45) is 3.41. The third kappa shape index (κ3) is 3.78. The van der Waals surface area contributed by atoms with Gasteiger partial charge in [0.1, 0.15) is 0 Å². The minimum Gasteiger partial charge on any atom is -0.481 e. The maximum Gasteiger partial charge on any atom is 0.303 e. The van der Waals surface area contributed by atoms with Gasteiger partial charge in [-0.3, -0.25) is 9.69 Å². The lowest BCUT2D eigenvalue weighted by molar-refractivity contribution is -0.137. The Morgan fingerprint density at radius 3 is 2.83 bits per heavy atom. The molecule has 1 saturated heterocycles. The summed E-state index contributed by atoms with van der Waals surface area (Å²) in [5.41, 5.74) is 3.05. The lowest BCUT2D eigenvalue weighted by atomic mass is 9.92. The molecule has 1 aliphatic rings. The number of aliphatic carboxylic acids is 1. The van der Waals surface area contributed by atoms with Crippen molar-refractivity contribution in [2.75, 3.05) is 13.1 Å². The molecule has 18 heavy (non-hydrogen) atoms. The van der Waals surface area contributed by atoms with Gasteiger partial charge in [-0.05, 0) is 45.2 Å². The van der Waals surface area contributed by atoms with Gasteiger partial charge in [-0.1, -0.05) is 0 Å². The Bertz CT molecular complexity index is 397. The van der Waals surface area contributed by atoms with Crippen molar-refractivity contribution >= 4 is 17.3 Å². The second-order valence-corrected chi connectivity index (χ2v) is 5.95. The van der Waals surface area contributed by atoms with Crippen LogP contribution in [0, 0.1) is 12.8 Å². The average Bonchev–Trinajstić information content (AvgIpc) is 2.74. The van der Waals surface area contributed by atoms with Crippen molar-refractivity contribution in [2.45, 2.75) is 39.2 Å². The van der Waals surface area contributed by atoms with E-state index in [1.165, 1.54) is 4.88 Å².